The van der Waals surface area contributed by atoms with Crippen molar-refractivity contribution in [1.29, 1.82) is 0 Å². The van der Waals surface area contributed by atoms with Gasteiger partial charge in [-0.3, -0.25) is 0 Å². The van der Waals surface area contributed by atoms with Crippen LogP contribution in [-0.4, -0.2) is 22.3 Å². The van der Waals surface area contributed by atoms with Crippen LogP contribution in [0.2, 0.25) is 0 Å². The Morgan fingerprint density at radius 2 is 1.88 bits per heavy atom. The van der Waals surface area contributed by atoms with Gasteiger partial charge in [0.05, 0.1) is 11.8 Å². The van der Waals surface area contributed by atoms with E-state index < -0.39 is 0 Å². The van der Waals surface area contributed by atoms with E-state index in [-0.39, 0.29) is 0 Å². The predicted octanol–water partition coefficient (Wildman–Crippen LogP) is 4.88. The summed E-state index contributed by atoms with van der Waals surface area (Å²) in [5.74, 6) is 0.773. The van der Waals surface area contributed by atoms with Gasteiger partial charge in [-0.1, -0.05) is 52.5 Å². The Labute approximate surface area is 147 Å². The molecule has 0 amide bonds. The van der Waals surface area contributed by atoms with Crippen molar-refractivity contribution in [3.63, 3.8) is 0 Å². The molecule has 1 N–H and O–H groups in total. The number of thiazole rings is 1. The predicted molar refractivity (Wildman–Crippen MR) is 99.5 cm³/mol. The molecule has 0 radical (unpaired) electrons. The fourth-order valence-corrected chi connectivity index (χ4v) is 4.09. The van der Waals surface area contributed by atoms with Gasteiger partial charge in [-0.25, -0.2) is 4.98 Å². The first-order chi connectivity index (χ1) is 11.7. The first kappa shape index (κ1) is 15.0. The number of hydrogen-bond acceptors (Lipinski definition) is 7. The summed E-state index contributed by atoms with van der Waals surface area (Å²) < 4.78 is 6.42. The van der Waals surface area contributed by atoms with Crippen LogP contribution in [0.4, 0.5) is 10.3 Å². The third-order valence-electron chi connectivity index (χ3n) is 3.51. The maximum atomic E-state index is 5.36. The van der Waals surface area contributed by atoms with Crippen LogP contribution in [-0.2, 0) is 0 Å². The Morgan fingerprint density at radius 1 is 1.00 bits per heavy atom. The van der Waals surface area contributed by atoms with E-state index in [1.807, 2.05) is 30.3 Å². The SMILES string of the molecule is COc1cccc2sc(Nc3nnc(-c4cccc(C)c4)s3)nc12. The molecule has 0 atom stereocenters. The van der Waals surface area contributed by atoms with Gasteiger partial charge >= 0.3 is 0 Å². The van der Waals surface area contributed by atoms with Gasteiger partial charge in [-0.2, -0.15) is 0 Å². The first-order valence-corrected chi connectivity index (χ1v) is 8.97. The lowest BCUT2D eigenvalue weighted by Gasteiger charge is -1.98. The number of nitrogens with zero attached hydrogens (tertiary/aromatic N) is 3. The van der Waals surface area contributed by atoms with E-state index >= 15 is 0 Å². The van der Waals surface area contributed by atoms with Gasteiger partial charge in [0.1, 0.15) is 16.3 Å². The minimum Gasteiger partial charge on any atom is -0.494 e. The maximum Gasteiger partial charge on any atom is 0.212 e. The van der Waals surface area contributed by atoms with Crippen LogP contribution < -0.4 is 10.1 Å². The Balaban J connectivity index is 1.62. The number of methoxy groups -OCH3 is 1. The molecule has 7 heteroatoms. The van der Waals surface area contributed by atoms with Gasteiger partial charge < -0.3 is 10.1 Å². The number of ether oxygens (including phenoxy) is 1. The molecule has 0 aliphatic carbocycles. The third kappa shape index (κ3) is 2.83. The van der Waals surface area contributed by atoms with E-state index in [1.165, 1.54) is 16.9 Å². The molecule has 0 unspecified atom stereocenters. The molecular formula is C17H14N4OS2. The summed E-state index contributed by atoms with van der Waals surface area (Å²) in [5.41, 5.74) is 3.14. The number of hydrogen-bond donors (Lipinski definition) is 1. The summed E-state index contributed by atoms with van der Waals surface area (Å²) in [6.07, 6.45) is 0. The van der Waals surface area contributed by atoms with Gasteiger partial charge in [-0.15, -0.1) is 10.2 Å². The monoisotopic (exact) mass is 354 g/mol. The number of nitrogens with one attached hydrogen (secondary N) is 1. The highest BCUT2D eigenvalue weighted by atomic mass is 32.1. The van der Waals surface area contributed by atoms with E-state index in [2.05, 4.69) is 39.6 Å². The van der Waals surface area contributed by atoms with Crippen molar-refractivity contribution in [2.75, 3.05) is 12.4 Å². The van der Waals surface area contributed by atoms with E-state index in [0.29, 0.717) is 0 Å². The second kappa shape index (κ2) is 6.18. The number of anilines is 2. The molecule has 120 valence electrons. The van der Waals surface area contributed by atoms with Gasteiger partial charge in [0, 0.05) is 5.56 Å². The third-order valence-corrected chi connectivity index (χ3v) is 5.33. The molecule has 4 rings (SSSR count). The molecule has 2 aromatic carbocycles. The number of aryl methyl sites for hydroxylation is 1. The second-order valence-corrected chi connectivity index (χ2v) is 7.24. The normalized spacial score (nSPS) is 10.9. The van der Waals surface area contributed by atoms with Gasteiger partial charge in [-0.05, 0) is 25.1 Å². The molecule has 4 aromatic rings. The number of fused-ring (bicyclic) bond motifs is 1. The molecule has 2 heterocycles. The lowest BCUT2D eigenvalue weighted by Crippen LogP contribution is -1.88. The number of para-hydroxylation sites is 1. The minimum absolute atomic E-state index is 0.726. The molecule has 24 heavy (non-hydrogen) atoms. The van der Waals surface area contributed by atoms with Crippen molar-refractivity contribution < 1.29 is 4.74 Å². The Bertz CT molecular complexity index is 1010. The summed E-state index contributed by atoms with van der Waals surface area (Å²) >= 11 is 3.08. The lowest BCUT2D eigenvalue weighted by molar-refractivity contribution is 0.419. The first-order valence-electron chi connectivity index (χ1n) is 7.34. The maximum absolute atomic E-state index is 5.36. The summed E-state index contributed by atoms with van der Waals surface area (Å²) in [6.45, 7) is 2.07. The lowest BCUT2D eigenvalue weighted by atomic mass is 10.1. The quantitative estimate of drug-likeness (QED) is 0.566. The van der Waals surface area contributed by atoms with E-state index in [4.69, 9.17) is 4.74 Å². The smallest absolute Gasteiger partial charge is 0.212 e. The fourth-order valence-electron chi connectivity index (χ4n) is 2.40. The Hall–Kier alpha value is -2.51. The van der Waals surface area contributed by atoms with Crippen molar-refractivity contribution in [3.05, 3.63) is 48.0 Å². The Kier molecular flexibility index (Phi) is 3.87. The van der Waals surface area contributed by atoms with Crippen molar-refractivity contribution in [3.8, 4) is 16.3 Å². The van der Waals surface area contributed by atoms with Crippen LogP contribution in [0.5, 0.6) is 5.75 Å². The van der Waals surface area contributed by atoms with Crippen LogP contribution in [0, 0.1) is 6.92 Å². The molecule has 2 aromatic heterocycles. The zero-order chi connectivity index (χ0) is 16.5. The van der Waals surface area contributed by atoms with Crippen LogP contribution >= 0.6 is 22.7 Å². The zero-order valence-electron chi connectivity index (χ0n) is 13.1. The van der Waals surface area contributed by atoms with E-state index in [1.54, 1.807) is 18.4 Å². The highest BCUT2D eigenvalue weighted by Gasteiger charge is 2.11. The number of benzene rings is 2. The van der Waals surface area contributed by atoms with Gasteiger partial charge in [0.2, 0.25) is 5.13 Å². The van der Waals surface area contributed by atoms with Crippen molar-refractivity contribution in [2.24, 2.45) is 0 Å². The van der Waals surface area contributed by atoms with Crippen LogP contribution in [0.25, 0.3) is 20.8 Å². The second-order valence-electron chi connectivity index (χ2n) is 5.23. The molecule has 5 nitrogen and oxygen atoms in total. The summed E-state index contributed by atoms with van der Waals surface area (Å²) in [7, 11) is 1.65. The number of aromatic nitrogens is 3. The van der Waals surface area contributed by atoms with Crippen LogP contribution in [0.15, 0.2) is 42.5 Å². The van der Waals surface area contributed by atoms with Crippen LogP contribution in [0.1, 0.15) is 5.56 Å². The fraction of sp³-hybridized carbons (Fsp3) is 0.118. The largest absolute Gasteiger partial charge is 0.494 e. The standard InChI is InChI=1S/C17H14N4OS2/c1-10-5-3-6-11(9-10)15-20-21-17(24-15)19-16-18-14-12(22-2)7-4-8-13(14)23-16/h3-9H,1-2H3,(H,18,19,21). The molecule has 0 aliphatic rings. The molecule has 0 spiro atoms. The molecule has 0 fully saturated rings. The zero-order valence-corrected chi connectivity index (χ0v) is 14.7. The van der Waals surface area contributed by atoms with Crippen molar-refractivity contribution in [2.45, 2.75) is 6.92 Å². The summed E-state index contributed by atoms with van der Waals surface area (Å²) in [6, 6.07) is 14.1. The van der Waals surface area contributed by atoms with Crippen molar-refractivity contribution in [1.82, 2.24) is 15.2 Å². The Morgan fingerprint density at radius 3 is 2.71 bits per heavy atom. The van der Waals surface area contributed by atoms with E-state index in [9.17, 15) is 0 Å². The molecule has 0 saturated carbocycles. The highest BCUT2D eigenvalue weighted by molar-refractivity contribution is 7.23. The molecule has 0 aliphatic heterocycles. The average molecular weight is 354 g/mol. The molecule has 0 bridgehead atoms. The van der Waals surface area contributed by atoms with Crippen LogP contribution in [0.3, 0.4) is 0 Å². The molecule has 0 saturated heterocycles. The summed E-state index contributed by atoms with van der Waals surface area (Å²) in [4.78, 5) is 4.60. The highest BCUT2D eigenvalue weighted by Crippen LogP contribution is 2.35. The van der Waals surface area contributed by atoms with Gasteiger partial charge in [0.15, 0.2) is 5.13 Å². The van der Waals surface area contributed by atoms with Crippen molar-refractivity contribution >= 4 is 43.2 Å². The summed E-state index contributed by atoms with van der Waals surface area (Å²) in [5, 5.41) is 14.1. The topological polar surface area (TPSA) is 59.9 Å². The van der Waals surface area contributed by atoms with E-state index in [0.717, 1.165) is 36.8 Å². The number of rotatable bonds is 4. The molecular weight excluding hydrogens is 340 g/mol. The minimum atomic E-state index is 0.726. The van der Waals surface area contributed by atoms with Gasteiger partial charge in [0.25, 0.3) is 0 Å². The average Bonchev–Trinajstić information content (AvgIpc) is 3.21.